The standard InChI is InChI=1S/C13H19F2N3O2S/c14-13(15)21(19,20)12-4-2-1-3-11(12)17-7-10-18-8-5-16-6-9-18/h1-4,13,16-17H,5-10H2. The van der Waals surface area contributed by atoms with Gasteiger partial charge in [0.25, 0.3) is 0 Å². The summed E-state index contributed by atoms with van der Waals surface area (Å²) in [6.45, 7) is 4.96. The Balaban J connectivity index is 2.00. The number of rotatable bonds is 6. The molecule has 1 aliphatic rings. The maximum atomic E-state index is 12.7. The number of nitrogens with one attached hydrogen (secondary N) is 2. The van der Waals surface area contributed by atoms with Crippen molar-refractivity contribution in [1.82, 2.24) is 10.2 Å². The van der Waals surface area contributed by atoms with Gasteiger partial charge in [0.05, 0.1) is 10.6 Å². The fourth-order valence-electron chi connectivity index (χ4n) is 2.24. The molecule has 0 radical (unpaired) electrons. The zero-order valence-corrected chi connectivity index (χ0v) is 12.4. The van der Waals surface area contributed by atoms with E-state index in [2.05, 4.69) is 15.5 Å². The van der Waals surface area contributed by atoms with E-state index >= 15 is 0 Å². The number of nitrogens with zero attached hydrogens (tertiary/aromatic N) is 1. The van der Waals surface area contributed by atoms with Crippen LogP contribution in [0.3, 0.4) is 0 Å². The molecule has 0 atom stereocenters. The molecule has 2 rings (SSSR count). The number of piperazine rings is 1. The van der Waals surface area contributed by atoms with Crippen molar-refractivity contribution < 1.29 is 17.2 Å². The van der Waals surface area contributed by atoms with Crippen molar-refractivity contribution in [2.45, 2.75) is 10.7 Å². The highest BCUT2D eigenvalue weighted by molar-refractivity contribution is 7.91. The van der Waals surface area contributed by atoms with Gasteiger partial charge in [0.2, 0.25) is 9.84 Å². The van der Waals surface area contributed by atoms with Gasteiger partial charge in [-0.25, -0.2) is 8.42 Å². The topological polar surface area (TPSA) is 61.4 Å². The second-order valence-electron chi connectivity index (χ2n) is 4.82. The molecule has 1 aliphatic heterocycles. The Kier molecular flexibility index (Phi) is 5.49. The van der Waals surface area contributed by atoms with Crippen LogP contribution in [0.5, 0.6) is 0 Å². The Morgan fingerprint density at radius 3 is 2.57 bits per heavy atom. The molecule has 118 valence electrons. The van der Waals surface area contributed by atoms with E-state index in [0.717, 1.165) is 32.7 Å². The van der Waals surface area contributed by atoms with Gasteiger partial charge in [-0.15, -0.1) is 0 Å². The molecule has 21 heavy (non-hydrogen) atoms. The van der Waals surface area contributed by atoms with Crippen LogP contribution < -0.4 is 10.6 Å². The average molecular weight is 319 g/mol. The van der Waals surface area contributed by atoms with Crippen LogP contribution in [0.15, 0.2) is 29.2 Å². The molecule has 2 N–H and O–H groups in total. The van der Waals surface area contributed by atoms with Crippen LogP contribution in [0.1, 0.15) is 0 Å². The van der Waals surface area contributed by atoms with Crippen LogP contribution >= 0.6 is 0 Å². The lowest BCUT2D eigenvalue weighted by atomic mass is 10.3. The third-order valence-corrected chi connectivity index (χ3v) is 4.82. The van der Waals surface area contributed by atoms with E-state index in [0.29, 0.717) is 6.54 Å². The maximum Gasteiger partial charge on any atom is 0.341 e. The third kappa shape index (κ3) is 4.12. The van der Waals surface area contributed by atoms with Crippen LogP contribution in [-0.2, 0) is 9.84 Å². The lowest BCUT2D eigenvalue weighted by Crippen LogP contribution is -2.45. The maximum absolute atomic E-state index is 12.7. The highest BCUT2D eigenvalue weighted by Gasteiger charge is 2.28. The Morgan fingerprint density at radius 2 is 1.90 bits per heavy atom. The van der Waals surface area contributed by atoms with Crippen LogP contribution in [0.4, 0.5) is 14.5 Å². The summed E-state index contributed by atoms with van der Waals surface area (Å²) in [5, 5.41) is 6.19. The quantitative estimate of drug-likeness (QED) is 0.819. The first-order chi connectivity index (χ1) is 10.0. The zero-order valence-electron chi connectivity index (χ0n) is 11.6. The van der Waals surface area contributed by atoms with Crippen LogP contribution in [0.2, 0.25) is 0 Å². The van der Waals surface area contributed by atoms with Gasteiger partial charge in [0.15, 0.2) is 0 Å². The summed E-state index contributed by atoms with van der Waals surface area (Å²) in [5.74, 6) is -3.41. The summed E-state index contributed by atoms with van der Waals surface area (Å²) < 4.78 is 48.5. The number of halogens is 2. The van der Waals surface area contributed by atoms with E-state index in [-0.39, 0.29) is 10.6 Å². The summed E-state index contributed by atoms with van der Waals surface area (Å²) in [6, 6.07) is 5.77. The number of para-hydroxylation sites is 1. The number of anilines is 1. The van der Waals surface area contributed by atoms with Gasteiger partial charge in [0.1, 0.15) is 0 Å². The van der Waals surface area contributed by atoms with Crippen LogP contribution in [0, 0.1) is 0 Å². The molecule has 1 fully saturated rings. The van der Waals surface area contributed by atoms with Crippen molar-refractivity contribution >= 4 is 15.5 Å². The Hall–Kier alpha value is -1.25. The minimum atomic E-state index is -4.58. The Bertz CT molecular complexity index is 560. The van der Waals surface area contributed by atoms with Crippen molar-refractivity contribution in [3.05, 3.63) is 24.3 Å². The van der Waals surface area contributed by atoms with Gasteiger partial charge < -0.3 is 10.6 Å². The molecule has 1 aromatic rings. The summed E-state index contributed by atoms with van der Waals surface area (Å²) in [6.07, 6.45) is 0. The number of hydrogen-bond donors (Lipinski definition) is 2. The molecule has 8 heteroatoms. The molecule has 0 amide bonds. The van der Waals surface area contributed by atoms with E-state index in [4.69, 9.17) is 0 Å². The SMILES string of the molecule is O=S(=O)(c1ccccc1NCCN1CCNCC1)C(F)F. The van der Waals surface area contributed by atoms with Crippen molar-refractivity contribution in [2.75, 3.05) is 44.6 Å². The van der Waals surface area contributed by atoms with Gasteiger partial charge >= 0.3 is 5.76 Å². The predicted octanol–water partition coefficient (Wildman–Crippen LogP) is 1.000. The second kappa shape index (κ2) is 7.15. The third-order valence-electron chi connectivity index (χ3n) is 3.38. The van der Waals surface area contributed by atoms with Gasteiger partial charge in [0, 0.05) is 39.3 Å². The predicted molar refractivity (Wildman–Crippen MR) is 77.4 cm³/mol. The molecule has 1 heterocycles. The first-order valence-electron chi connectivity index (χ1n) is 6.80. The fraction of sp³-hybridized carbons (Fsp3) is 0.538. The zero-order chi connectivity index (χ0) is 15.3. The number of hydrogen-bond acceptors (Lipinski definition) is 5. The molecule has 0 unspecified atom stereocenters. The van der Waals surface area contributed by atoms with Crippen LogP contribution in [-0.4, -0.2) is 58.3 Å². The molecule has 0 spiro atoms. The largest absolute Gasteiger partial charge is 0.383 e. The number of sulfone groups is 1. The first-order valence-corrected chi connectivity index (χ1v) is 8.34. The van der Waals surface area contributed by atoms with Gasteiger partial charge in [-0.05, 0) is 12.1 Å². The first kappa shape index (κ1) is 16.1. The normalized spacial score (nSPS) is 17.1. The van der Waals surface area contributed by atoms with Gasteiger partial charge in [-0.1, -0.05) is 12.1 Å². The lowest BCUT2D eigenvalue weighted by Gasteiger charge is -2.27. The molecule has 5 nitrogen and oxygen atoms in total. The van der Waals surface area contributed by atoms with Crippen molar-refractivity contribution in [2.24, 2.45) is 0 Å². The Morgan fingerprint density at radius 1 is 1.24 bits per heavy atom. The molecular weight excluding hydrogens is 300 g/mol. The average Bonchev–Trinajstić information content (AvgIpc) is 2.48. The van der Waals surface area contributed by atoms with E-state index in [1.165, 1.54) is 18.2 Å². The Labute approximate surface area is 123 Å². The van der Waals surface area contributed by atoms with E-state index in [9.17, 15) is 17.2 Å². The monoisotopic (exact) mass is 319 g/mol. The highest BCUT2D eigenvalue weighted by Crippen LogP contribution is 2.25. The van der Waals surface area contributed by atoms with Crippen molar-refractivity contribution in [3.63, 3.8) is 0 Å². The summed E-state index contributed by atoms with van der Waals surface area (Å²) in [7, 11) is -4.58. The fourth-order valence-corrected chi connectivity index (χ4v) is 3.15. The summed E-state index contributed by atoms with van der Waals surface area (Å²) in [4.78, 5) is 1.88. The van der Waals surface area contributed by atoms with Crippen molar-refractivity contribution in [3.8, 4) is 0 Å². The van der Waals surface area contributed by atoms with Crippen molar-refractivity contribution in [1.29, 1.82) is 0 Å². The summed E-state index contributed by atoms with van der Waals surface area (Å²) in [5.41, 5.74) is 0.230. The number of benzene rings is 1. The van der Waals surface area contributed by atoms with E-state index < -0.39 is 15.6 Å². The summed E-state index contributed by atoms with van der Waals surface area (Å²) >= 11 is 0. The molecule has 1 aromatic carbocycles. The molecular formula is C13H19F2N3O2S. The van der Waals surface area contributed by atoms with E-state index in [1.807, 2.05) is 0 Å². The second-order valence-corrected chi connectivity index (χ2v) is 6.71. The van der Waals surface area contributed by atoms with E-state index in [1.54, 1.807) is 6.07 Å². The molecule has 0 bridgehead atoms. The highest BCUT2D eigenvalue weighted by atomic mass is 32.2. The molecule has 0 aromatic heterocycles. The minimum Gasteiger partial charge on any atom is -0.383 e. The molecule has 0 aliphatic carbocycles. The molecule has 1 saturated heterocycles. The van der Waals surface area contributed by atoms with Gasteiger partial charge in [-0.2, -0.15) is 8.78 Å². The lowest BCUT2D eigenvalue weighted by molar-refractivity contribution is 0.235. The van der Waals surface area contributed by atoms with Crippen LogP contribution in [0.25, 0.3) is 0 Å². The minimum absolute atomic E-state index is 0.230. The molecule has 0 saturated carbocycles. The smallest absolute Gasteiger partial charge is 0.341 e. The van der Waals surface area contributed by atoms with Gasteiger partial charge in [-0.3, -0.25) is 4.90 Å². The number of alkyl halides is 2.